The van der Waals surface area contributed by atoms with Crippen LogP contribution >= 0.6 is 22.6 Å². The lowest BCUT2D eigenvalue weighted by Gasteiger charge is -2.07. The first kappa shape index (κ1) is 11.3. The summed E-state index contributed by atoms with van der Waals surface area (Å²) in [6.45, 7) is 0.467. The van der Waals surface area contributed by atoms with Crippen LogP contribution in [0.2, 0.25) is 0 Å². The van der Waals surface area contributed by atoms with Gasteiger partial charge in [-0.2, -0.15) is 0 Å². The van der Waals surface area contributed by atoms with Gasteiger partial charge in [0.05, 0.1) is 0 Å². The normalized spacial score (nSPS) is 10.1. The van der Waals surface area contributed by atoms with E-state index in [1.807, 2.05) is 30.3 Å². The number of ether oxygens (including phenoxy) is 1. The molecule has 2 aromatic rings. The molecule has 2 aromatic carbocycles. The molecule has 2 rings (SSSR count). The molecule has 0 atom stereocenters. The molecule has 0 aliphatic rings. The fourth-order valence-electron chi connectivity index (χ4n) is 1.32. The number of hydrogen-bond acceptors (Lipinski definition) is 2. The van der Waals surface area contributed by atoms with Gasteiger partial charge in [0.25, 0.3) is 0 Å². The third-order valence-corrected chi connectivity index (χ3v) is 2.89. The second kappa shape index (κ2) is 5.21. The summed E-state index contributed by atoms with van der Waals surface area (Å²) >= 11 is 2.26. The molecule has 0 heterocycles. The van der Waals surface area contributed by atoms with E-state index in [0.29, 0.717) is 12.4 Å². The van der Waals surface area contributed by atoms with Gasteiger partial charge in [0.15, 0.2) is 11.5 Å². The third-order valence-electron chi connectivity index (χ3n) is 2.17. The van der Waals surface area contributed by atoms with E-state index < -0.39 is 0 Å². The van der Waals surface area contributed by atoms with Crippen molar-refractivity contribution in [3.63, 3.8) is 0 Å². The number of phenols is 1. The van der Waals surface area contributed by atoms with Gasteiger partial charge in [-0.05, 0) is 52.4 Å². The van der Waals surface area contributed by atoms with Gasteiger partial charge >= 0.3 is 0 Å². The van der Waals surface area contributed by atoms with E-state index in [1.54, 1.807) is 18.2 Å². The van der Waals surface area contributed by atoms with E-state index in [0.717, 1.165) is 5.56 Å². The maximum Gasteiger partial charge on any atom is 0.161 e. The van der Waals surface area contributed by atoms with E-state index in [4.69, 9.17) is 4.74 Å². The van der Waals surface area contributed by atoms with Crippen molar-refractivity contribution in [1.82, 2.24) is 0 Å². The molecule has 0 radical (unpaired) electrons. The number of para-hydroxylation sites is 2. The largest absolute Gasteiger partial charge is 0.504 e. The highest BCUT2D eigenvalue weighted by atomic mass is 127. The highest BCUT2D eigenvalue weighted by molar-refractivity contribution is 14.1. The number of hydrogen-bond donors (Lipinski definition) is 1. The summed E-state index contributed by atoms with van der Waals surface area (Å²) in [5.74, 6) is 0.689. The molecular weight excluding hydrogens is 315 g/mol. The van der Waals surface area contributed by atoms with Crippen LogP contribution in [0.5, 0.6) is 11.5 Å². The van der Waals surface area contributed by atoms with Crippen LogP contribution in [0.15, 0.2) is 48.5 Å². The molecule has 3 heteroatoms. The van der Waals surface area contributed by atoms with Crippen LogP contribution in [-0.4, -0.2) is 5.11 Å². The van der Waals surface area contributed by atoms with Crippen LogP contribution in [0.1, 0.15) is 5.56 Å². The maximum absolute atomic E-state index is 9.51. The Hall–Kier alpha value is -1.23. The Morgan fingerprint density at radius 2 is 1.69 bits per heavy atom. The Bertz CT molecular complexity index is 466. The zero-order valence-corrected chi connectivity index (χ0v) is 10.7. The van der Waals surface area contributed by atoms with Crippen LogP contribution in [0.3, 0.4) is 0 Å². The van der Waals surface area contributed by atoms with Crippen LogP contribution in [0.25, 0.3) is 0 Å². The summed E-state index contributed by atoms with van der Waals surface area (Å²) in [6, 6.07) is 15.1. The average Bonchev–Trinajstić information content (AvgIpc) is 2.30. The Morgan fingerprint density at radius 3 is 2.38 bits per heavy atom. The van der Waals surface area contributed by atoms with Crippen molar-refractivity contribution in [2.45, 2.75) is 6.61 Å². The molecule has 0 amide bonds. The first-order chi connectivity index (χ1) is 7.75. The van der Waals surface area contributed by atoms with E-state index in [1.165, 1.54) is 3.57 Å². The summed E-state index contributed by atoms with van der Waals surface area (Å²) in [5.41, 5.74) is 1.09. The summed E-state index contributed by atoms with van der Waals surface area (Å²) < 4.78 is 6.71. The van der Waals surface area contributed by atoms with Crippen molar-refractivity contribution in [3.8, 4) is 11.5 Å². The van der Waals surface area contributed by atoms with Gasteiger partial charge in [0.1, 0.15) is 6.61 Å². The van der Waals surface area contributed by atoms with Crippen molar-refractivity contribution < 1.29 is 9.84 Å². The van der Waals surface area contributed by atoms with Crippen LogP contribution in [-0.2, 0) is 6.61 Å². The molecule has 0 fully saturated rings. The van der Waals surface area contributed by atoms with E-state index in [2.05, 4.69) is 22.6 Å². The van der Waals surface area contributed by atoms with Crippen molar-refractivity contribution in [2.75, 3.05) is 0 Å². The van der Waals surface area contributed by atoms with Gasteiger partial charge in [0, 0.05) is 3.57 Å². The standard InChI is InChI=1S/C13H11IO2/c14-11-7-5-10(6-8-11)9-16-13-4-2-1-3-12(13)15/h1-8,15H,9H2. The van der Waals surface area contributed by atoms with Crippen molar-refractivity contribution in [3.05, 3.63) is 57.7 Å². The van der Waals surface area contributed by atoms with Crippen molar-refractivity contribution in [2.24, 2.45) is 0 Å². The lowest BCUT2D eigenvalue weighted by molar-refractivity contribution is 0.289. The van der Waals surface area contributed by atoms with Crippen LogP contribution in [0, 0.1) is 3.57 Å². The second-order valence-electron chi connectivity index (χ2n) is 3.38. The second-order valence-corrected chi connectivity index (χ2v) is 4.63. The molecule has 0 spiro atoms. The smallest absolute Gasteiger partial charge is 0.161 e. The Kier molecular flexibility index (Phi) is 3.66. The number of rotatable bonds is 3. The number of phenolic OH excluding ortho intramolecular Hbond substituents is 1. The summed E-state index contributed by atoms with van der Waals surface area (Å²) in [7, 11) is 0. The molecule has 0 bridgehead atoms. The van der Waals surface area contributed by atoms with Gasteiger partial charge in [-0.1, -0.05) is 24.3 Å². The number of aromatic hydroxyl groups is 1. The minimum Gasteiger partial charge on any atom is -0.504 e. The zero-order chi connectivity index (χ0) is 11.4. The molecule has 0 aliphatic carbocycles. The van der Waals surface area contributed by atoms with Gasteiger partial charge in [-0.3, -0.25) is 0 Å². The van der Waals surface area contributed by atoms with Crippen molar-refractivity contribution in [1.29, 1.82) is 0 Å². The molecule has 0 aliphatic heterocycles. The molecule has 1 N–H and O–H groups in total. The lowest BCUT2D eigenvalue weighted by atomic mass is 10.2. The third kappa shape index (κ3) is 2.88. The molecule has 2 nitrogen and oxygen atoms in total. The quantitative estimate of drug-likeness (QED) is 0.874. The SMILES string of the molecule is Oc1ccccc1OCc1ccc(I)cc1. The Balaban J connectivity index is 2.02. The van der Waals surface area contributed by atoms with Gasteiger partial charge in [0.2, 0.25) is 0 Å². The van der Waals surface area contributed by atoms with E-state index in [-0.39, 0.29) is 5.75 Å². The monoisotopic (exact) mass is 326 g/mol. The first-order valence-electron chi connectivity index (χ1n) is 4.91. The fraction of sp³-hybridized carbons (Fsp3) is 0.0769. The average molecular weight is 326 g/mol. The summed E-state index contributed by atoms with van der Waals surface area (Å²) in [4.78, 5) is 0. The molecule has 0 unspecified atom stereocenters. The van der Waals surface area contributed by atoms with Crippen LogP contribution in [0.4, 0.5) is 0 Å². The van der Waals surface area contributed by atoms with Gasteiger partial charge in [-0.25, -0.2) is 0 Å². The first-order valence-corrected chi connectivity index (χ1v) is 5.99. The minimum atomic E-state index is 0.174. The topological polar surface area (TPSA) is 29.5 Å². The zero-order valence-electron chi connectivity index (χ0n) is 8.56. The molecular formula is C13H11IO2. The molecule has 0 aromatic heterocycles. The van der Waals surface area contributed by atoms with Gasteiger partial charge < -0.3 is 9.84 Å². The minimum absolute atomic E-state index is 0.174. The lowest BCUT2D eigenvalue weighted by Crippen LogP contribution is -1.95. The van der Waals surface area contributed by atoms with E-state index >= 15 is 0 Å². The predicted molar refractivity (Wildman–Crippen MR) is 71.6 cm³/mol. The van der Waals surface area contributed by atoms with Crippen LogP contribution < -0.4 is 4.74 Å². The predicted octanol–water partition coefficient (Wildman–Crippen LogP) is 3.58. The molecule has 0 saturated heterocycles. The highest BCUT2D eigenvalue weighted by Gasteiger charge is 2.00. The van der Waals surface area contributed by atoms with Gasteiger partial charge in [-0.15, -0.1) is 0 Å². The van der Waals surface area contributed by atoms with Crippen molar-refractivity contribution >= 4 is 22.6 Å². The summed E-state index contributed by atoms with van der Waals surface area (Å²) in [5, 5.41) is 9.51. The molecule has 82 valence electrons. The van der Waals surface area contributed by atoms with E-state index in [9.17, 15) is 5.11 Å². The fourth-order valence-corrected chi connectivity index (χ4v) is 1.68. The number of halogens is 1. The number of benzene rings is 2. The molecule has 16 heavy (non-hydrogen) atoms. The highest BCUT2D eigenvalue weighted by Crippen LogP contribution is 2.25. The maximum atomic E-state index is 9.51. The Labute approximate surface area is 108 Å². The Morgan fingerprint density at radius 1 is 1.00 bits per heavy atom. The summed E-state index contributed by atoms with van der Waals surface area (Å²) in [6.07, 6.45) is 0. The molecule has 0 saturated carbocycles.